The fraction of sp³-hybridized carbons (Fsp3) is 0.625. The summed E-state index contributed by atoms with van der Waals surface area (Å²) in [6, 6.07) is 6.96. The van der Waals surface area contributed by atoms with E-state index < -0.39 is 0 Å². The molecule has 3 heterocycles. The average molecular weight is 258 g/mol. The van der Waals surface area contributed by atoms with Crippen molar-refractivity contribution < 1.29 is 4.74 Å². The fourth-order valence-corrected chi connectivity index (χ4v) is 3.71. The second-order valence-electron chi connectivity index (χ2n) is 6.34. The molecule has 4 rings (SSSR count). The third-order valence-corrected chi connectivity index (χ3v) is 5.00. The van der Waals surface area contributed by atoms with Crippen LogP contribution in [0.25, 0.3) is 0 Å². The van der Waals surface area contributed by atoms with E-state index in [1.165, 1.54) is 55.7 Å². The van der Waals surface area contributed by atoms with E-state index in [4.69, 9.17) is 4.74 Å². The summed E-state index contributed by atoms with van der Waals surface area (Å²) >= 11 is 0. The SMILES string of the molecule is c1cc2c(cc1N1CC3(CCOCC3)C1)NCCC2. The zero-order chi connectivity index (χ0) is 12.7. The van der Waals surface area contributed by atoms with E-state index in [1.807, 2.05) is 0 Å². The topological polar surface area (TPSA) is 24.5 Å². The highest BCUT2D eigenvalue weighted by Crippen LogP contribution is 2.42. The lowest BCUT2D eigenvalue weighted by molar-refractivity contribution is -0.000189. The minimum Gasteiger partial charge on any atom is -0.385 e. The number of fused-ring (bicyclic) bond motifs is 1. The maximum atomic E-state index is 5.49. The highest BCUT2D eigenvalue weighted by atomic mass is 16.5. The molecule has 0 unspecified atom stereocenters. The standard InChI is InChI=1S/C16H22N2O/c1-2-13-3-4-14(10-15(13)17-7-1)18-11-16(12-18)5-8-19-9-6-16/h3-4,10,17H,1-2,5-9,11-12H2. The van der Waals surface area contributed by atoms with E-state index in [2.05, 4.69) is 28.4 Å². The number of aryl methyl sites for hydroxylation is 1. The predicted octanol–water partition coefficient (Wildman–Crippen LogP) is 2.66. The lowest BCUT2D eigenvalue weighted by Crippen LogP contribution is -2.58. The Morgan fingerprint density at radius 1 is 1.16 bits per heavy atom. The number of hydrogen-bond donors (Lipinski definition) is 1. The second kappa shape index (κ2) is 4.41. The molecule has 3 nitrogen and oxygen atoms in total. The Kier molecular flexibility index (Phi) is 2.69. The summed E-state index contributed by atoms with van der Waals surface area (Å²) in [4.78, 5) is 2.53. The third-order valence-electron chi connectivity index (χ3n) is 5.00. The van der Waals surface area contributed by atoms with E-state index in [-0.39, 0.29) is 0 Å². The molecule has 0 saturated carbocycles. The predicted molar refractivity (Wildman–Crippen MR) is 78.0 cm³/mol. The van der Waals surface area contributed by atoms with E-state index in [9.17, 15) is 0 Å². The molecule has 1 aromatic carbocycles. The van der Waals surface area contributed by atoms with Gasteiger partial charge in [-0.25, -0.2) is 0 Å². The minimum absolute atomic E-state index is 0.557. The Morgan fingerprint density at radius 2 is 2.00 bits per heavy atom. The minimum atomic E-state index is 0.557. The lowest BCUT2D eigenvalue weighted by atomic mass is 9.73. The molecule has 3 aliphatic heterocycles. The average Bonchev–Trinajstić information content (AvgIpc) is 2.45. The number of benzene rings is 1. The van der Waals surface area contributed by atoms with Crippen LogP contribution in [-0.4, -0.2) is 32.8 Å². The van der Waals surface area contributed by atoms with Crippen LogP contribution in [0.5, 0.6) is 0 Å². The molecular weight excluding hydrogens is 236 g/mol. The summed E-state index contributed by atoms with van der Waals surface area (Å²) in [5.74, 6) is 0. The van der Waals surface area contributed by atoms with Gasteiger partial charge in [0.15, 0.2) is 0 Å². The van der Waals surface area contributed by atoms with Gasteiger partial charge in [0.1, 0.15) is 0 Å². The summed E-state index contributed by atoms with van der Waals surface area (Å²) in [5.41, 5.74) is 4.79. The van der Waals surface area contributed by atoms with Crippen molar-refractivity contribution in [1.82, 2.24) is 0 Å². The molecule has 2 fully saturated rings. The van der Waals surface area contributed by atoms with Crippen LogP contribution in [0.15, 0.2) is 18.2 Å². The van der Waals surface area contributed by atoms with Gasteiger partial charge in [0, 0.05) is 49.6 Å². The number of anilines is 2. The number of ether oxygens (including phenoxy) is 1. The van der Waals surface area contributed by atoms with Gasteiger partial charge < -0.3 is 15.0 Å². The third kappa shape index (κ3) is 2.00. The number of hydrogen-bond acceptors (Lipinski definition) is 3. The molecule has 3 heteroatoms. The molecule has 0 atom stereocenters. The van der Waals surface area contributed by atoms with Gasteiger partial charge in [0.2, 0.25) is 0 Å². The maximum Gasteiger partial charge on any atom is 0.0472 e. The normalized spacial score (nSPS) is 24.5. The Labute approximate surface area is 114 Å². The number of nitrogens with zero attached hydrogens (tertiary/aromatic N) is 1. The Bertz CT molecular complexity index is 472. The van der Waals surface area contributed by atoms with Crippen LogP contribution in [0.2, 0.25) is 0 Å². The van der Waals surface area contributed by atoms with Crippen LogP contribution in [-0.2, 0) is 11.2 Å². The summed E-state index contributed by atoms with van der Waals surface area (Å²) < 4.78 is 5.49. The molecule has 19 heavy (non-hydrogen) atoms. The van der Waals surface area contributed by atoms with Gasteiger partial charge >= 0.3 is 0 Å². The molecule has 0 amide bonds. The molecule has 3 aliphatic rings. The van der Waals surface area contributed by atoms with Crippen molar-refractivity contribution in [1.29, 1.82) is 0 Å². The Morgan fingerprint density at radius 3 is 2.84 bits per heavy atom. The smallest absolute Gasteiger partial charge is 0.0472 e. The van der Waals surface area contributed by atoms with Crippen molar-refractivity contribution in [2.75, 3.05) is 43.1 Å². The van der Waals surface area contributed by atoms with Crippen LogP contribution in [0, 0.1) is 5.41 Å². The summed E-state index contributed by atoms with van der Waals surface area (Å²) in [7, 11) is 0. The molecule has 0 aromatic heterocycles. The van der Waals surface area contributed by atoms with Gasteiger partial charge in [0.25, 0.3) is 0 Å². The fourth-order valence-electron chi connectivity index (χ4n) is 3.71. The second-order valence-corrected chi connectivity index (χ2v) is 6.34. The first kappa shape index (κ1) is 11.6. The summed E-state index contributed by atoms with van der Waals surface area (Å²) in [6.45, 7) is 5.47. The van der Waals surface area contributed by atoms with Crippen molar-refractivity contribution in [3.63, 3.8) is 0 Å². The van der Waals surface area contributed by atoms with Crippen LogP contribution >= 0.6 is 0 Å². The highest BCUT2D eigenvalue weighted by molar-refractivity contribution is 5.64. The quantitative estimate of drug-likeness (QED) is 0.838. The van der Waals surface area contributed by atoms with Crippen molar-refractivity contribution in [3.05, 3.63) is 23.8 Å². The van der Waals surface area contributed by atoms with E-state index >= 15 is 0 Å². The molecule has 0 bridgehead atoms. The van der Waals surface area contributed by atoms with Crippen LogP contribution in [0.1, 0.15) is 24.8 Å². The number of nitrogens with one attached hydrogen (secondary N) is 1. The van der Waals surface area contributed by atoms with Crippen molar-refractivity contribution in [3.8, 4) is 0 Å². The van der Waals surface area contributed by atoms with Crippen LogP contribution in [0.3, 0.4) is 0 Å². The van der Waals surface area contributed by atoms with Gasteiger partial charge in [-0.1, -0.05) is 6.07 Å². The monoisotopic (exact) mass is 258 g/mol. The molecule has 0 aliphatic carbocycles. The molecule has 1 aromatic rings. The first-order chi connectivity index (χ1) is 9.35. The lowest BCUT2D eigenvalue weighted by Gasteiger charge is -2.53. The first-order valence-electron chi connectivity index (χ1n) is 7.54. The Hall–Kier alpha value is -1.22. The van der Waals surface area contributed by atoms with Crippen molar-refractivity contribution in [2.45, 2.75) is 25.7 Å². The molecule has 1 N–H and O–H groups in total. The van der Waals surface area contributed by atoms with Gasteiger partial charge in [-0.15, -0.1) is 0 Å². The molecule has 1 spiro atoms. The molecule has 0 radical (unpaired) electrons. The first-order valence-corrected chi connectivity index (χ1v) is 7.54. The van der Waals surface area contributed by atoms with Gasteiger partial charge in [-0.05, 0) is 43.4 Å². The zero-order valence-corrected chi connectivity index (χ0v) is 11.5. The van der Waals surface area contributed by atoms with Crippen molar-refractivity contribution in [2.24, 2.45) is 5.41 Å². The van der Waals surface area contributed by atoms with E-state index in [0.29, 0.717) is 5.41 Å². The zero-order valence-electron chi connectivity index (χ0n) is 11.5. The van der Waals surface area contributed by atoms with E-state index in [1.54, 1.807) is 0 Å². The molecule has 2 saturated heterocycles. The van der Waals surface area contributed by atoms with Crippen LogP contribution in [0.4, 0.5) is 11.4 Å². The maximum absolute atomic E-state index is 5.49. The van der Waals surface area contributed by atoms with Gasteiger partial charge in [-0.3, -0.25) is 0 Å². The molecular formula is C16H22N2O. The van der Waals surface area contributed by atoms with Crippen molar-refractivity contribution >= 4 is 11.4 Å². The largest absolute Gasteiger partial charge is 0.385 e. The number of rotatable bonds is 1. The van der Waals surface area contributed by atoms with E-state index in [0.717, 1.165) is 19.8 Å². The Balaban J connectivity index is 1.49. The summed E-state index contributed by atoms with van der Waals surface area (Å²) in [6.07, 6.45) is 4.97. The summed E-state index contributed by atoms with van der Waals surface area (Å²) in [5, 5.41) is 3.53. The highest BCUT2D eigenvalue weighted by Gasteiger charge is 2.43. The molecule has 102 valence electrons. The van der Waals surface area contributed by atoms with Gasteiger partial charge in [0.05, 0.1) is 0 Å². The van der Waals surface area contributed by atoms with Crippen LogP contribution < -0.4 is 10.2 Å². The van der Waals surface area contributed by atoms with Gasteiger partial charge in [-0.2, -0.15) is 0 Å².